The summed E-state index contributed by atoms with van der Waals surface area (Å²) in [5.41, 5.74) is 0.623. The minimum absolute atomic E-state index is 0.0943. The summed E-state index contributed by atoms with van der Waals surface area (Å²) in [7, 11) is 0. The van der Waals surface area contributed by atoms with E-state index in [0.29, 0.717) is 17.0 Å². The van der Waals surface area contributed by atoms with Crippen molar-refractivity contribution in [3.63, 3.8) is 0 Å². The van der Waals surface area contributed by atoms with Crippen LogP contribution in [-0.4, -0.2) is 21.1 Å². The molecule has 0 aliphatic carbocycles. The summed E-state index contributed by atoms with van der Waals surface area (Å²) in [4.78, 5) is 15.9. The number of benzene rings is 1. The largest absolute Gasteiger partial charge is 0.318 e. The van der Waals surface area contributed by atoms with Gasteiger partial charge in [-0.05, 0) is 18.2 Å². The van der Waals surface area contributed by atoms with Gasteiger partial charge < -0.3 is 5.32 Å². The SMILES string of the molecule is O=C(Nc1ccc(F)cc1F)c1n[nH]c2ccncc12. The van der Waals surface area contributed by atoms with Crippen molar-refractivity contribution in [2.24, 2.45) is 0 Å². The molecule has 0 saturated carbocycles. The zero-order valence-corrected chi connectivity index (χ0v) is 10.0. The molecule has 1 aromatic carbocycles. The lowest BCUT2D eigenvalue weighted by atomic mass is 10.2. The zero-order chi connectivity index (χ0) is 14.1. The lowest BCUT2D eigenvalue weighted by Crippen LogP contribution is -2.14. The molecule has 2 aromatic heterocycles. The zero-order valence-electron chi connectivity index (χ0n) is 10.0. The van der Waals surface area contributed by atoms with Gasteiger partial charge in [0.2, 0.25) is 0 Å². The number of hydrogen-bond donors (Lipinski definition) is 2. The van der Waals surface area contributed by atoms with Crippen molar-refractivity contribution in [2.45, 2.75) is 0 Å². The van der Waals surface area contributed by atoms with Crippen molar-refractivity contribution in [2.75, 3.05) is 5.32 Å². The molecular formula is C13H8F2N4O. The number of fused-ring (bicyclic) bond motifs is 1. The summed E-state index contributed by atoms with van der Waals surface area (Å²) in [6.07, 6.45) is 3.04. The molecule has 0 aliphatic heterocycles. The molecule has 0 spiro atoms. The molecule has 0 bridgehead atoms. The van der Waals surface area contributed by atoms with Crippen molar-refractivity contribution in [1.82, 2.24) is 15.2 Å². The Bertz CT molecular complexity index is 800. The third kappa shape index (κ3) is 2.09. The molecule has 5 nitrogen and oxygen atoms in total. The van der Waals surface area contributed by atoms with Crippen LogP contribution in [0.5, 0.6) is 0 Å². The Morgan fingerprint density at radius 3 is 2.90 bits per heavy atom. The van der Waals surface area contributed by atoms with E-state index in [2.05, 4.69) is 20.5 Å². The van der Waals surface area contributed by atoms with Crippen LogP contribution in [0, 0.1) is 11.6 Å². The van der Waals surface area contributed by atoms with Gasteiger partial charge in [-0.1, -0.05) is 0 Å². The van der Waals surface area contributed by atoms with Crippen LogP contribution in [0.1, 0.15) is 10.5 Å². The quantitative estimate of drug-likeness (QED) is 0.754. The minimum Gasteiger partial charge on any atom is -0.318 e. The van der Waals surface area contributed by atoms with Crippen molar-refractivity contribution in [1.29, 1.82) is 0 Å². The first-order valence-corrected chi connectivity index (χ1v) is 5.69. The minimum atomic E-state index is -0.851. The lowest BCUT2D eigenvalue weighted by molar-refractivity contribution is 0.102. The van der Waals surface area contributed by atoms with Crippen molar-refractivity contribution >= 4 is 22.5 Å². The van der Waals surface area contributed by atoms with Crippen LogP contribution in [0.15, 0.2) is 36.7 Å². The third-order valence-corrected chi connectivity index (χ3v) is 2.76. The summed E-state index contributed by atoms with van der Waals surface area (Å²) in [6, 6.07) is 4.57. The van der Waals surface area contributed by atoms with Gasteiger partial charge >= 0.3 is 0 Å². The van der Waals surface area contributed by atoms with Crippen molar-refractivity contribution in [3.8, 4) is 0 Å². The number of anilines is 1. The molecule has 100 valence electrons. The van der Waals surface area contributed by atoms with E-state index in [-0.39, 0.29) is 11.4 Å². The van der Waals surface area contributed by atoms with Gasteiger partial charge in [-0.3, -0.25) is 14.9 Å². The van der Waals surface area contributed by atoms with E-state index in [1.54, 1.807) is 12.3 Å². The predicted molar refractivity (Wildman–Crippen MR) is 68.2 cm³/mol. The molecule has 0 fully saturated rings. The maximum Gasteiger partial charge on any atom is 0.276 e. The predicted octanol–water partition coefficient (Wildman–Crippen LogP) is 2.49. The number of halogens is 2. The van der Waals surface area contributed by atoms with Crippen LogP contribution in [-0.2, 0) is 0 Å². The summed E-state index contributed by atoms with van der Waals surface area (Å²) in [5.74, 6) is -2.17. The second-order valence-corrected chi connectivity index (χ2v) is 4.07. The van der Waals surface area contributed by atoms with E-state index in [9.17, 15) is 13.6 Å². The molecule has 0 radical (unpaired) electrons. The van der Waals surface area contributed by atoms with Crippen LogP contribution in [0.2, 0.25) is 0 Å². The topological polar surface area (TPSA) is 70.7 Å². The fourth-order valence-corrected chi connectivity index (χ4v) is 1.80. The Kier molecular flexibility index (Phi) is 2.86. The molecule has 7 heteroatoms. The standard InChI is InChI=1S/C13H8F2N4O/c14-7-1-2-11(9(15)5-7)17-13(20)12-8-6-16-4-3-10(8)18-19-12/h1-6H,(H,17,20)(H,18,19). The Morgan fingerprint density at radius 1 is 1.25 bits per heavy atom. The number of pyridine rings is 1. The smallest absolute Gasteiger partial charge is 0.276 e. The monoisotopic (exact) mass is 274 g/mol. The molecule has 2 N–H and O–H groups in total. The molecular weight excluding hydrogens is 266 g/mol. The first-order chi connectivity index (χ1) is 9.65. The second-order valence-electron chi connectivity index (χ2n) is 4.07. The van der Waals surface area contributed by atoms with E-state index >= 15 is 0 Å². The van der Waals surface area contributed by atoms with Gasteiger partial charge in [0.1, 0.15) is 11.6 Å². The summed E-state index contributed by atoms with van der Waals surface area (Å²) < 4.78 is 26.3. The molecule has 2 heterocycles. The van der Waals surface area contributed by atoms with E-state index < -0.39 is 17.5 Å². The van der Waals surface area contributed by atoms with Gasteiger partial charge in [-0.15, -0.1) is 0 Å². The second kappa shape index (κ2) is 4.69. The Morgan fingerprint density at radius 2 is 2.10 bits per heavy atom. The number of aromatic nitrogens is 3. The lowest BCUT2D eigenvalue weighted by Gasteiger charge is -2.04. The first kappa shape index (κ1) is 12.2. The number of hydrogen-bond acceptors (Lipinski definition) is 3. The molecule has 0 aliphatic rings. The number of rotatable bonds is 2. The van der Waals surface area contributed by atoms with Gasteiger partial charge in [0.15, 0.2) is 5.69 Å². The summed E-state index contributed by atoms with van der Waals surface area (Å²) in [6.45, 7) is 0. The Labute approximate surface area is 111 Å². The number of nitrogens with one attached hydrogen (secondary N) is 2. The highest BCUT2D eigenvalue weighted by Crippen LogP contribution is 2.18. The van der Waals surface area contributed by atoms with Crippen LogP contribution < -0.4 is 5.32 Å². The van der Waals surface area contributed by atoms with Crippen LogP contribution in [0.3, 0.4) is 0 Å². The highest BCUT2D eigenvalue weighted by Gasteiger charge is 2.16. The Hall–Kier alpha value is -2.83. The maximum absolute atomic E-state index is 13.5. The molecule has 3 rings (SSSR count). The number of H-pyrrole nitrogens is 1. The molecule has 3 aromatic rings. The molecule has 0 saturated heterocycles. The summed E-state index contributed by atoms with van der Waals surface area (Å²) >= 11 is 0. The van der Waals surface area contributed by atoms with Gasteiger partial charge in [0.25, 0.3) is 5.91 Å². The van der Waals surface area contributed by atoms with Gasteiger partial charge in [-0.2, -0.15) is 5.10 Å². The average Bonchev–Trinajstić information content (AvgIpc) is 2.86. The van der Waals surface area contributed by atoms with Crippen LogP contribution in [0.25, 0.3) is 10.9 Å². The van der Waals surface area contributed by atoms with E-state index in [1.807, 2.05) is 0 Å². The van der Waals surface area contributed by atoms with E-state index in [0.717, 1.165) is 12.1 Å². The first-order valence-electron chi connectivity index (χ1n) is 5.69. The molecule has 20 heavy (non-hydrogen) atoms. The Balaban J connectivity index is 1.93. The number of aromatic amines is 1. The summed E-state index contributed by atoms with van der Waals surface area (Å²) in [5, 5.41) is 9.40. The number of amides is 1. The van der Waals surface area contributed by atoms with Crippen molar-refractivity contribution in [3.05, 3.63) is 54.0 Å². The number of nitrogens with zero attached hydrogens (tertiary/aromatic N) is 2. The van der Waals surface area contributed by atoms with E-state index in [1.165, 1.54) is 6.20 Å². The highest BCUT2D eigenvalue weighted by molar-refractivity contribution is 6.10. The van der Waals surface area contributed by atoms with Gasteiger partial charge in [-0.25, -0.2) is 8.78 Å². The molecule has 0 unspecified atom stereocenters. The van der Waals surface area contributed by atoms with Gasteiger partial charge in [0, 0.05) is 18.5 Å². The fraction of sp³-hybridized carbons (Fsp3) is 0. The average molecular weight is 274 g/mol. The normalized spacial score (nSPS) is 10.7. The van der Waals surface area contributed by atoms with Crippen LogP contribution >= 0.6 is 0 Å². The molecule has 1 amide bonds. The third-order valence-electron chi connectivity index (χ3n) is 2.76. The maximum atomic E-state index is 13.5. The highest BCUT2D eigenvalue weighted by atomic mass is 19.1. The van der Waals surface area contributed by atoms with Gasteiger partial charge in [0.05, 0.1) is 16.6 Å². The van der Waals surface area contributed by atoms with Crippen molar-refractivity contribution < 1.29 is 13.6 Å². The fourth-order valence-electron chi connectivity index (χ4n) is 1.80. The van der Waals surface area contributed by atoms with Crippen LogP contribution in [0.4, 0.5) is 14.5 Å². The number of carbonyl (C=O) groups excluding carboxylic acids is 1. The molecule has 0 atom stereocenters. The van der Waals surface area contributed by atoms with E-state index in [4.69, 9.17) is 0 Å². The number of carbonyl (C=O) groups is 1.